The molecular weight excluding hydrogens is 661 g/mol. The van der Waals surface area contributed by atoms with Gasteiger partial charge in [0.05, 0.1) is 18.1 Å². The molecule has 3 heterocycles. The number of nitrogens with two attached hydrogens (primary N) is 1. The van der Waals surface area contributed by atoms with Crippen LogP contribution in [-0.4, -0.2) is 58.0 Å². The molecule has 4 aromatic rings. The lowest BCUT2D eigenvalue weighted by atomic mass is 10.1. The SMILES string of the molecule is Nc1ncnc2c1c(-c1ccc(SCc3ccccc3)cc1)cn2[C@H]1C[C@H](O)[C@@H](COP(=O)(O)OP(=O)(O)OP(=O)(O)O)O1. The Labute approximate surface area is 254 Å². The fourth-order valence-corrected chi connectivity index (χ4v) is 8.41. The van der Waals surface area contributed by atoms with E-state index >= 15 is 0 Å². The lowest BCUT2D eigenvalue weighted by Gasteiger charge is -2.19. The molecule has 2 aromatic carbocycles. The molecule has 0 bridgehead atoms. The Morgan fingerprint density at radius 1 is 0.977 bits per heavy atom. The number of hydrogen-bond acceptors (Lipinski definition) is 12. The summed E-state index contributed by atoms with van der Waals surface area (Å²) < 4.78 is 54.0. The Hall–Kier alpha value is -2.46. The highest BCUT2D eigenvalue weighted by molar-refractivity contribution is 7.98. The zero-order chi connectivity index (χ0) is 31.7. The first-order chi connectivity index (χ1) is 20.7. The maximum atomic E-state index is 12.1. The van der Waals surface area contributed by atoms with Crippen molar-refractivity contribution in [3.8, 4) is 11.1 Å². The average Bonchev–Trinajstić information content (AvgIpc) is 3.51. The Kier molecular flexibility index (Phi) is 9.81. The largest absolute Gasteiger partial charge is 0.490 e. The molecule has 236 valence electrons. The second-order valence-corrected chi connectivity index (χ2v) is 15.0. The van der Waals surface area contributed by atoms with Crippen molar-refractivity contribution in [2.24, 2.45) is 0 Å². The van der Waals surface area contributed by atoms with Crippen molar-refractivity contribution < 1.29 is 56.3 Å². The van der Waals surface area contributed by atoms with Crippen molar-refractivity contribution in [3.63, 3.8) is 0 Å². The summed E-state index contributed by atoms with van der Waals surface area (Å²) in [6.07, 6.45) is -0.277. The van der Waals surface area contributed by atoms with Crippen LogP contribution in [0.4, 0.5) is 5.82 Å². The molecular formula is C24H27N4O12P3S. The minimum absolute atomic E-state index is 0.00733. The van der Waals surface area contributed by atoms with Gasteiger partial charge in [-0.15, -0.1) is 11.8 Å². The van der Waals surface area contributed by atoms with Crippen LogP contribution >= 0.6 is 35.2 Å². The lowest BCUT2D eigenvalue weighted by molar-refractivity contribution is -0.0421. The maximum absolute atomic E-state index is 12.1. The standard InChI is InChI=1S/C24H27N4O12P3S/c25-23-22-18(16-6-8-17(9-7-16)44-13-15-4-2-1-3-5-15)11-28(24(22)27-14-26-23)21-10-19(29)20(38-21)12-37-42(33,34)40-43(35,36)39-41(30,31)32/h1-9,11,14,19-21,29H,10,12-13H2,(H,33,34)(H,35,36)(H2,25,26,27)(H2,30,31,32)/t19-,20+,21+/m0/s1. The number of aliphatic hydroxyl groups is 1. The van der Waals surface area contributed by atoms with E-state index in [2.05, 4.69) is 35.2 Å². The van der Waals surface area contributed by atoms with Gasteiger partial charge in [0.25, 0.3) is 0 Å². The van der Waals surface area contributed by atoms with Gasteiger partial charge in [-0.1, -0.05) is 42.5 Å². The summed E-state index contributed by atoms with van der Waals surface area (Å²) in [5, 5.41) is 11.1. The number of thioether (sulfide) groups is 1. The summed E-state index contributed by atoms with van der Waals surface area (Å²) in [6, 6.07) is 17.9. The van der Waals surface area contributed by atoms with Crippen molar-refractivity contribution in [1.82, 2.24) is 14.5 Å². The quantitative estimate of drug-likeness (QED) is 0.0910. The van der Waals surface area contributed by atoms with Gasteiger partial charge < -0.3 is 39.7 Å². The zero-order valence-corrected chi connectivity index (χ0v) is 26.0. The topological polar surface area (TPSA) is 246 Å². The van der Waals surface area contributed by atoms with Crippen molar-refractivity contribution >= 4 is 52.1 Å². The molecule has 1 aliphatic heterocycles. The van der Waals surface area contributed by atoms with Crippen LogP contribution in [0.2, 0.25) is 0 Å². The van der Waals surface area contributed by atoms with Gasteiger partial charge in [0.15, 0.2) is 0 Å². The summed E-state index contributed by atoms with van der Waals surface area (Å²) in [5.41, 5.74) is 9.36. The highest BCUT2D eigenvalue weighted by atomic mass is 32.2. The number of aromatic nitrogens is 3. The van der Waals surface area contributed by atoms with Crippen molar-refractivity contribution in [1.29, 1.82) is 0 Å². The van der Waals surface area contributed by atoms with E-state index in [1.54, 1.807) is 22.5 Å². The first-order valence-corrected chi connectivity index (χ1v) is 18.2. The monoisotopic (exact) mass is 688 g/mol. The molecule has 1 aliphatic rings. The smallest absolute Gasteiger partial charge is 0.390 e. The van der Waals surface area contributed by atoms with Crippen LogP contribution in [-0.2, 0) is 37.3 Å². The van der Waals surface area contributed by atoms with E-state index < -0.39 is 48.5 Å². The Balaban J connectivity index is 1.31. The molecule has 0 spiro atoms. The third-order valence-corrected chi connectivity index (χ3v) is 11.3. The molecule has 5 atom stereocenters. The number of ether oxygens (including phenoxy) is 1. The van der Waals surface area contributed by atoms with Crippen LogP contribution in [0.1, 0.15) is 18.2 Å². The minimum atomic E-state index is -5.69. The van der Waals surface area contributed by atoms with Crippen molar-refractivity contribution in [2.45, 2.75) is 35.5 Å². The molecule has 5 rings (SSSR count). The molecule has 20 heteroatoms. The van der Waals surface area contributed by atoms with E-state index in [4.69, 9.17) is 20.3 Å². The normalized spacial score (nSPS) is 21.7. The summed E-state index contributed by atoms with van der Waals surface area (Å²) in [4.78, 5) is 45.9. The van der Waals surface area contributed by atoms with Crippen LogP contribution in [0.5, 0.6) is 0 Å². The summed E-state index contributed by atoms with van der Waals surface area (Å²) in [6.45, 7) is -0.799. The number of fused-ring (bicyclic) bond motifs is 1. The van der Waals surface area contributed by atoms with Crippen molar-refractivity contribution in [3.05, 3.63) is 72.7 Å². The number of nitrogens with zero attached hydrogens (tertiary/aromatic N) is 3. The number of nitrogen functional groups attached to an aromatic ring is 1. The first-order valence-electron chi connectivity index (χ1n) is 12.7. The second kappa shape index (κ2) is 13.1. The number of benzene rings is 2. The molecule has 1 fully saturated rings. The number of aliphatic hydroxyl groups excluding tert-OH is 1. The number of anilines is 1. The summed E-state index contributed by atoms with van der Waals surface area (Å²) in [7, 11) is -16.6. The molecule has 16 nitrogen and oxygen atoms in total. The molecule has 0 radical (unpaired) electrons. The van der Waals surface area contributed by atoms with Gasteiger partial charge in [-0.25, -0.2) is 23.7 Å². The fourth-order valence-electron chi connectivity index (χ4n) is 4.53. The van der Waals surface area contributed by atoms with Gasteiger partial charge in [-0.3, -0.25) is 4.52 Å². The van der Waals surface area contributed by atoms with Crippen molar-refractivity contribution in [2.75, 3.05) is 12.3 Å². The van der Waals surface area contributed by atoms with E-state index in [0.717, 1.165) is 16.2 Å². The van der Waals surface area contributed by atoms with Crippen LogP contribution < -0.4 is 5.73 Å². The van der Waals surface area contributed by atoms with E-state index in [0.29, 0.717) is 16.6 Å². The maximum Gasteiger partial charge on any atom is 0.490 e. The third kappa shape index (κ3) is 8.22. The molecule has 0 saturated carbocycles. The number of hydrogen-bond donors (Lipinski definition) is 6. The molecule has 7 N–H and O–H groups in total. The lowest BCUT2D eigenvalue weighted by Crippen LogP contribution is -2.26. The molecule has 0 amide bonds. The Morgan fingerprint density at radius 3 is 2.36 bits per heavy atom. The fraction of sp³-hybridized carbons (Fsp3) is 0.250. The van der Waals surface area contributed by atoms with Gasteiger partial charge in [-0.05, 0) is 23.3 Å². The highest BCUT2D eigenvalue weighted by Crippen LogP contribution is 2.66. The molecule has 0 aliphatic carbocycles. The van der Waals surface area contributed by atoms with E-state index in [9.17, 15) is 28.6 Å². The third-order valence-electron chi connectivity index (χ3n) is 6.38. The van der Waals surface area contributed by atoms with Crippen LogP contribution in [0.25, 0.3) is 22.2 Å². The van der Waals surface area contributed by atoms with Gasteiger partial charge in [0.2, 0.25) is 0 Å². The predicted molar refractivity (Wildman–Crippen MR) is 158 cm³/mol. The van der Waals surface area contributed by atoms with Crippen LogP contribution in [0.3, 0.4) is 0 Å². The van der Waals surface area contributed by atoms with Crippen LogP contribution in [0.15, 0.2) is 72.0 Å². The minimum Gasteiger partial charge on any atom is -0.390 e. The second-order valence-electron chi connectivity index (χ2n) is 9.53. The Bertz CT molecular complexity index is 1770. The number of phosphoric ester groups is 1. The number of rotatable bonds is 12. The molecule has 2 unspecified atom stereocenters. The van der Waals surface area contributed by atoms with Gasteiger partial charge in [0.1, 0.15) is 30.1 Å². The van der Waals surface area contributed by atoms with Gasteiger partial charge in [0, 0.05) is 28.8 Å². The van der Waals surface area contributed by atoms with E-state index in [-0.39, 0.29) is 12.2 Å². The average molecular weight is 688 g/mol. The van der Waals surface area contributed by atoms with E-state index in [1.807, 2.05) is 42.5 Å². The number of phosphoric acid groups is 3. The predicted octanol–water partition coefficient (Wildman–Crippen LogP) is 3.96. The van der Waals surface area contributed by atoms with Crippen LogP contribution in [0, 0.1) is 0 Å². The molecule has 1 saturated heterocycles. The van der Waals surface area contributed by atoms with Gasteiger partial charge in [-0.2, -0.15) is 8.62 Å². The molecule has 2 aromatic heterocycles. The summed E-state index contributed by atoms with van der Waals surface area (Å²) in [5.74, 6) is 1.03. The highest BCUT2D eigenvalue weighted by Gasteiger charge is 2.43. The first kappa shape index (κ1) is 32.9. The summed E-state index contributed by atoms with van der Waals surface area (Å²) >= 11 is 1.69. The van der Waals surface area contributed by atoms with Gasteiger partial charge >= 0.3 is 23.5 Å². The Morgan fingerprint density at radius 2 is 1.68 bits per heavy atom. The molecule has 44 heavy (non-hydrogen) atoms. The zero-order valence-electron chi connectivity index (χ0n) is 22.5. The van der Waals surface area contributed by atoms with E-state index in [1.165, 1.54) is 11.9 Å².